The van der Waals surface area contributed by atoms with Crippen molar-refractivity contribution in [2.45, 2.75) is 20.5 Å². The number of halogens is 2. The Morgan fingerprint density at radius 2 is 1.66 bits per heavy atom. The van der Waals surface area contributed by atoms with E-state index in [1.54, 1.807) is 12.1 Å². The first-order valence-electron chi connectivity index (χ1n) is 9.18. The first-order chi connectivity index (χ1) is 14.0. The molecule has 0 saturated heterocycles. The summed E-state index contributed by atoms with van der Waals surface area (Å²) in [5, 5.41) is 2.89. The Morgan fingerprint density at radius 3 is 2.31 bits per heavy atom. The minimum Gasteiger partial charge on any atom is -0.490 e. The maximum absolute atomic E-state index is 12.7. The van der Waals surface area contributed by atoms with Gasteiger partial charge in [-0.15, -0.1) is 0 Å². The largest absolute Gasteiger partial charge is 0.490 e. The molecule has 0 saturated carbocycles. The minimum atomic E-state index is -0.223. The molecular weight excluding hydrogens is 498 g/mol. The lowest BCUT2D eigenvalue weighted by atomic mass is 10.1. The number of carbonyl (C=O) groups excluding carboxylic acids is 1. The van der Waals surface area contributed by atoms with E-state index >= 15 is 0 Å². The van der Waals surface area contributed by atoms with Crippen LogP contribution in [0.4, 0.5) is 5.69 Å². The van der Waals surface area contributed by atoms with Crippen LogP contribution in [0.3, 0.4) is 0 Å². The molecule has 3 rings (SSSR count). The van der Waals surface area contributed by atoms with Crippen molar-refractivity contribution in [3.05, 3.63) is 86.3 Å². The first-order valence-corrected chi connectivity index (χ1v) is 10.8. The Kier molecular flexibility index (Phi) is 7.34. The number of amides is 1. The second kappa shape index (κ2) is 9.94. The second-order valence-electron chi connectivity index (χ2n) is 6.45. The highest BCUT2D eigenvalue weighted by molar-refractivity contribution is 9.10. The SMILES string of the molecule is CCOc1cc(C(=O)Nc2ccc(Br)cc2)cc(Br)c1OCc1ccc(C)cc1. The number of ether oxygens (including phenoxy) is 2. The van der Waals surface area contributed by atoms with E-state index in [2.05, 4.69) is 37.2 Å². The molecular formula is C23H21Br2NO3. The monoisotopic (exact) mass is 517 g/mol. The van der Waals surface area contributed by atoms with E-state index in [1.807, 2.05) is 62.4 Å². The van der Waals surface area contributed by atoms with Crippen molar-refractivity contribution < 1.29 is 14.3 Å². The van der Waals surface area contributed by atoms with Crippen LogP contribution < -0.4 is 14.8 Å². The summed E-state index contributed by atoms with van der Waals surface area (Å²) in [5.41, 5.74) is 3.45. The Balaban J connectivity index is 1.80. The quantitative estimate of drug-likeness (QED) is 0.376. The van der Waals surface area contributed by atoms with E-state index in [1.165, 1.54) is 5.56 Å². The van der Waals surface area contributed by atoms with Crippen LogP contribution in [0.5, 0.6) is 11.5 Å². The van der Waals surface area contributed by atoms with Gasteiger partial charge in [0.25, 0.3) is 5.91 Å². The normalized spacial score (nSPS) is 10.5. The molecule has 0 spiro atoms. The molecule has 0 atom stereocenters. The maximum atomic E-state index is 12.7. The molecule has 0 aliphatic heterocycles. The van der Waals surface area contributed by atoms with Gasteiger partial charge in [-0.3, -0.25) is 4.79 Å². The summed E-state index contributed by atoms with van der Waals surface area (Å²) < 4.78 is 13.4. The standard InChI is InChI=1S/C23H21Br2NO3/c1-3-28-21-13-17(23(27)26-19-10-8-18(24)9-11-19)12-20(25)22(21)29-14-16-6-4-15(2)5-7-16/h4-13H,3,14H2,1-2H3,(H,26,27). The predicted molar refractivity (Wildman–Crippen MR) is 123 cm³/mol. The number of hydrogen-bond donors (Lipinski definition) is 1. The van der Waals surface area contributed by atoms with Crippen molar-refractivity contribution in [3.63, 3.8) is 0 Å². The lowest BCUT2D eigenvalue weighted by Crippen LogP contribution is -2.12. The van der Waals surface area contributed by atoms with Gasteiger partial charge in [0.1, 0.15) is 6.61 Å². The lowest BCUT2D eigenvalue weighted by molar-refractivity contribution is 0.102. The average Bonchev–Trinajstić information content (AvgIpc) is 2.70. The van der Waals surface area contributed by atoms with Gasteiger partial charge in [-0.2, -0.15) is 0 Å². The van der Waals surface area contributed by atoms with Gasteiger partial charge in [0, 0.05) is 15.7 Å². The summed E-state index contributed by atoms with van der Waals surface area (Å²) in [5.74, 6) is 0.876. The summed E-state index contributed by atoms with van der Waals surface area (Å²) in [4.78, 5) is 12.7. The van der Waals surface area contributed by atoms with E-state index in [0.29, 0.717) is 40.4 Å². The molecule has 0 aliphatic rings. The summed E-state index contributed by atoms with van der Waals surface area (Å²) in [7, 11) is 0. The predicted octanol–water partition coefficient (Wildman–Crippen LogP) is 6.75. The third kappa shape index (κ3) is 5.84. The van der Waals surface area contributed by atoms with Crippen molar-refractivity contribution in [1.29, 1.82) is 0 Å². The van der Waals surface area contributed by atoms with Crippen molar-refractivity contribution in [2.24, 2.45) is 0 Å². The fraction of sp³-hybridized carbons (Fsp3) is 0.174. The average molecular weight is 519 g/mol. The van der Waals surface area contributed by atoms with E-state index in [4.69, 9.17) is 9.47 Å². The van der Waals surface area contributed by atoms with Crippen LogP contribution >= 0.6 is 31.9 Å². The van der Waals surface area contributed by atoms with E-state index in [9.17, 15) is 4.79 Å². The number of aryl methyl sites for hydroxylation is 1. The molecule has 1 N–H and O–H groups in total. The van der Waals surface area contributed by atoms with Gasteiger partial charge in [-0.25, -0.2) is 0 Å². The zero-order valence-electron chi connectivity index (χ0n) is 16.2. The molecule has 0 radical (unpaired) electrons. The summed E-state index contributed by atoms with van der Waals surface area (Å²) in [6, 6.07) is 19.0. The smallest absolute Gasteiger partial charge is 0.255 e. The van der Waals surface area contributed by atoms with Gasteiger partial charge >= 0.3 is 0 Å². The Bertz CT molecular complexity index is 986. The van der Waals surface area contributed by atoms with Gasteiger partial charge in [0.15, 0.2) is 11.5 Å². The molecule has 150 valence electrons. The van der Waals surface area contributed by atoms with Crippen LogP contribution in [0.15, 0.2) is 69.6 Å². The summed E-state index contributed by atoms with van der Waals surface area (Å²) in [6.07, 6.45) is 0. The van der Waals surface area contributed by atoms with E-state index < -0.39 is 0 Å². The Morgan fingerprint density at radius 1 is 0.966 bits per heavy atom. The molecule has 1 amide bonds. The molecule has 0 bridgehead atoms. The highest BCUT2D eigenvalue weighted by atomic mass is 79.9. The van der Waals surface area contributed by atoms with Crippen LogP contribution in [0.25, 0.3) is 0 Å². The second-order valence-corrected chi connectivity index (χ2v) is 8.22. The topological polar surface area (TPSA) is 47.6 Å². The van der Waals surface area contributed by atoms with Crippen molar-refractivity contribution >= 4 is 43.5 Å². The van der Waals surface area contributed by atoms with Crippen LogP contribution in [0, 0.1) is 6.92 Å². The van der Waals surface area contributed by atoms with Crippen LogP contribution in [-0.4, -0.2) is 12.5 Å². The van der Waals surface area contributed by atoms with Gasteiger partial charge in [0.2, 0.25) is 0 Å². The third-order valence-electron chi connectivity index (χ3n) is 4.18. The highest BCUT2D eigenvalue weighted by Crippen LogP contribution is 2.37. The van der Waals surface area contributed by atoms with Gasteiger partial charge in [-0.1, -0.05) is 45.8 Å². The van der Waals surface area contributed by atoms with Crippen LogP contribution in [0.2, 0.25) is 0 Å². The number of rotatable bonds is 7. The molecule has 29 heavy (non-hydrogen) atoms. The molecule has 0 aliphatic carbocycles. The number of carbonyl (C=O) groups is 1. The van der Waals surface area contributed by atoms with Crippen molar-refractivity contribution in [1.82, 2.24) is 0 Å². The van der Waals surface area contributed by atoms with Gasteiger partial charge in [-0.05, 0) is 71.7 Å². The van der Waals surface area contributed by atoms with Crippen LogP contribution in [0.1, 0.15) is 28.4 Å². The summed E-state index contributed by atoms with van der Waals surface area (Å²) >= 11 is 6.91. The number of hydrogen-bond acceptors (Lipinski definition) is 3. The fourth-order valence-electron chi connectivity index (χ4n) is 2.68. The Hall–Kier alpha value is -2.31. The van der Waals surface area contributed by atoms with Crippen molar-refractivity contribution in [2.75, 3.05) is 11.9 Å². The Labute approximate surface area is 187 Å². The minimum absolute atomic E-state index is 0.223. The molecule has 0 aromatic heterocycles. The van der Waals surface area contributed by atoms with Gasteiger partial charge < -0.3 is 14.8 Å². The first kappa shape index (κ1) is 21.4. The maximum Gasteiger partial charge on any atom is 0.255 e. The van der Waals surface area contributed by atoms with Crippen molar-refractivity contribution in [3.8, 4) is 11.5 Å². The van der Waals surface area contributed by atoms with E-state index in [0.717, 1.165) is 10.0 Å². The molecule has 0 heterocycles. The highest BCUT2D eigenvalue weighted by Gasteiger charge is 2.16. The zero-order chi connectivity index (χ0) is 20.8. The fourth-order valence-corrected chi connectivity index (χ4v) is 3.50. The van der Waals surface area contributed by atoms with Gasteiger partial charge in [0.05, 0.1) is 11.1 Å². The zero-order valence-corrected chi connectivity index (χ0v) is 19.3. The number of nitrogens with one attached hydrogen (secondary N) is 1. The lowest BCUT2D eigenvalue weighted by Gasteiger charge is -2.16. The van der Waals surface area contributed by atoms with Crippen LogP contribution in [-0.2, 0) is 6.61 Å². The molecule has 4 nitrogen and oxygen atoms in total. The van der Waals surface area contributed by atoms with E-state index in [-0.39, 0.29) is 5.91 Å². The molecule has 6 heteroatoms. The molecule has 0 unspecified atom stereocenters. The number of benzene rings is 3. The number of anilines is 1. The third-order valence-corrected chi connectivity index (χ3v) is 5.30. The molecule has 0 fully saturated rings. The molecule has 3 aromatic carbocycles. The molecule has 3 aromatic rings. The summed E-state index contributed by atoms with van der Waals surface area (Å²) in [6.45, 7) is 4.81.